The standard InChI is InChI=1S/C17H21NO4/c1-4-6-13(7-5-2)16(19)18-15-9-12(11-22-3)8-14(10-15)17(20)21/h4-5,8-10,13H,1-2,6-7,11H2,3H3,(H,18,19)(H,20,21). The first kappa shape index (κ1) is 17.7. The van der Waals surface area contributed by atoms with Crippen molar-refractivity contribution in [1.29, 1.82) is 0 Å². The summed E-state index contributed by atoms with van der Waals surface area (Å²) in [4.78, 5) is 23.4. The highest BCUT2D eigenvalue weighted by Gasteiger charge is 2.16. The molecular formula is C17H21NO4. The Balaban J connectivity index is 2.99. The second kappa shape index (κ2) is 8.79. The molecule has 5 heteroatoms. The van der Waals surface area contributed by atoms with Gasteiger partial charge >= 0.3 is 5.97 Å². The molecule has 0 atom stereocenters. The highest BCUT2D eigenvalue weighted by molar-refractivity contribution is 5.95. The SMILES string of the molecule is C=CCC(CC=C)C(=O)Nc1cc(COC)cc(C(=O)O)c1. The zero-order valence-electron chi connectivity index (χ0n) is 12.7. The van der Waals surface area contributed by atoms with Gasteiger partial charge in [0.25, 0.3) is 0 Å². The summed E-state index contributed by atoms with van der Waals surface area (Å²) < 4.78 is 5.02. The smallest absolute Gasteiger partial charge is 0.335 e. The van der Waals surface area contributed by atoms with Crippen LogP contribution >= 0.6 is 0 Å². The summed E-state index contributed by atoms with van der Waals surface area (Å²) in [5.74, 6) is -1.51. The van der Waals surface area contributed by atoms with Crippen molar-refractivity contribution < 1.29 is 19.4 Å². The molecule has 0 saturated carbocycles. The van der Waals surface area contributed by atoms with Gasteiger partial charge in [-0.15, -0.1) is 13.2 Å². The average molecular weight is 303 g/mol. The van der Waals surface area contributed by atoms with E-state index < -0.39 is 5.97 Å². The average Bonchev–Trinajstić information content (AvgIpc) is 2.47. The topological polar surface area (TPSA) is 75.6 Å². The molecular weight excluding hydrogens is 282 g/mol. The van der Waals surface area contributed by atoms with E-state index in [-0.39, 0.29) is 24.0 Å². The number of nitrogens with one attached hydrogen (secondary N) is 1. The summed E-state index contributed by atoms with van der Waals surface area (Å²) in [7, 11) is 1.52. The Hall–Kier alpha value is -2.40. The van der Waals surface area contributed by atoms with E-state index in [0.717, 1.165) is 0 Å². The van der Waals surface area contributed by atoms with Crippen LogP contribution in [0.15, 0.2) is 43.5 Å². The fraction of sp³-hybridized carbons (Fsp3) is 0.294. The predicted molar refractivity (Wildman–Crippen MR) is 85.9 cm³/mol. The summed E-state index contributed by atoms with van der Waals surface area (Å²) in [6.07, 6.45) is 4.42. The lowest BCUT2D eigenvalue weighted by Gasteiger charge is -2.14. The fourth-order valence-electron chi connectivity index (χ4n) is 2.09. The van der Waals surface area contributed by atoms with Crippen LogP contribution in [0.1, 0.15) is 28.8 Å². The molecule has 0 saturated heterocycles. The van der Waals surface area contributed by atoms with E-state index >= 15 is 0 Å². The first-order valence-corrected chi connectivity index (χ1v) is 6.90. The number of rotatable bonds is 9. The van der Waals surface area contributed by atoms with Gasteiger partial charge in [0.1, 0.15) is 0 Å². The van der Waals surface area contributed by atoms with Gasteiger partial charge in [0.15, 0.2) is 0 Å². The number of ether oxygens (including phenoxy) is 1. The number of hydrogen-bond acceptors (Lipinski definition) is 3. The maximum atomic E-state index is 12.3. The van der Waals surface area contributed by atoms with Crippen LogP contribution in [0.5, 0.6) is 0 Å². The van der Waals surface area contributed by atoms with Gasteiger partial charge in [-0.25, -0.2) is 4.79 Å². The summed E-state index contributed by atoms with van der Waals surface area (Å²) in [6, 6.07) is 4.65. The van der Waals surface area contributed by atoms with Crippen LogP contribution in [0.25, 0.3) is 0 Å². The summed E-state index contributed by atoms with van der Waals surface area (Å²) in [5, 5.41) is 11.9. The Kier molecular flexibility index (Phi) is 7.05. The number of carbonyl (C=O) groups is 2. The van der Waals surface area contributed by atoms with Gasteiger partial charge in [-0.2, -0.15) is 0 Å². The first-order chi connectivity index (χ1) is 10.5. The van der Waals surface area contributed by atoms with Crippen molar-refractivity contribution in [2.75, 3.05) is 12.4 Å². The lowest BCUT2D eigenvalue weighted by molar-refractivity contribution is -0.119. The number of aromatic carboxylic acids is 1. The van der Waals surface area contributed by atoms with Crippen LogP contribution in [0.2, 0.25) is 0 Å². The number of amides is 1. The molecule has 1 aromatic rings. The molecule has 22 heavy (non-hydrogen) atoms. The van der Waals surface area contributed by atoms with Crippen molar-refractivity contribution in [3.63, 3.8) is 0 Å². The Bertz CT molecular complexity index is 556. The summed E-state index contributed by atoms with van der Waals surface area (Å²) in [6.45, 7) is 7.55. The second-order valence-corrected chi connectivity index (χ2v) is 4.89. The maximum absolute atomic E-state index is 12.3. The van der Waals surface area contributed by atoms with E-state index in [2.05, 4.69) is 18.5 Å². The van der Waals surface area contributed by atoms with Crippen molar-refractivity contribution in [1.82, 2.24) is 0 Å². The largest absolute Gasteiger partial charge is 0.478 e. The van der Waals surface area contributed by atoms with Gasteiger partial charge in [-0.1, -0.05) is 12.2 Å². The highest BCUT2D eigenvalue weighted by Crippen LogP contribution is 2.19. The second-order valence-electron chi connectivity index (χ2n) is 4.89. The number of anilines is 1. The van der Waals surface area contributed by atoms with Gasteiger partial charge in [0.05, 0.1) is 12.2 Å². The van der Waals surface area contributed by atoms with E-state index in [1.54, 1.807) is 18.2 Å². The van der Waals surface area contributed by atoms with Crippen LogP contribution in [0, 0.1) is 5.92 Å². The monoisotopic (exact) mass is 303 g/mol. The molecule has 0 aliphatic rings. The van der Waals surface area contributed by atoms with Gasteiger partial charge in [0.2, 0.25) is 5.91 Å². The van der Waals surface area contributed by atoms with E-state index in [4.69, 9.17) is 9.84 Å². The molecule has 1 rings (SSSR count). The molecule has 0 spiro atoms. The Morgan fingerprint density at radius 1 is 1.27 bits per heavy atom. The molecule has 0 bridgehead atoms. The molecule has 1 aromatic carbocycles. The van der Waals surface area contributed by atoms with Crippen LogP contribution < -0.4 is 5.32 Å². The maximum Gasteiger partial charge on any atom is 0.335 e. The molecule has 0 aromatic heterocycles. The first-order valence-electron chi connectivity index (χ1n) is 6.90. The summed E-state index contributed by atoms with van der Waals surface area (Å²) >= 11 is 0. The van der Waals surface area contributed by atoms with E-state index in [1.165, 1.54) is 19.2 Å². The third-order valence-electron chi connectivity index (χ3n) is 3.09. The minimum Gasteiger partial charge on any atom is -0.478 e. The molecule has 0 aliphatic heterocycles. The van der Waals surface area contributed by atoms with Crippen LogP contribution in [0.4, 0.5) is 5.69 Å². The molecule has 0 heterocycles. The third-order valence-corrected chi connectivity index (χ3v) is 3.09. The Morgan fingerprint density at radius 3 is 2.41 bits per heavy atom. The number of carbonyl (C=O) groups excluding carboxylic acids is 1. The van der Waals surface area contributed by atoms with Gasteiger partial charge in [-0.05, 0) is 36.6 Å². The lowest BCUT2D eigenvalue weighted by Crippen LogP contribution is -2.22. The normalized spacial score (nSPS) is 10.3. The number of carboxylic acids is 1. The van der Waals surface area contributed by atoms with Gasteiger partial charge in [-0.3, -0.25) is 4.79 Å². The molecule has 0 radical (unpaired) electrons. The minimum atomic E-state index is -1.05. The van der Waals surface area contributed by atoms with Crippen molar-refractivity contribution in [3.05, 3.63) is 54.6 Å². The van der Waals surface area contributed by atoms with Crippen molar-refractivity contribution in [2.24, 2.45) is 5.92 Å². The molecule has 0 aliphatic carbocycles. The Labute approximate surface area is 130 Å². The number of benzene rings is 1. The number of allylic oxidation sites excluding steroid dienone is 2. The summed E-state index contributed by atoms with van der Waals surface area (Å²) in [5.41, 5.74) is 1.23. The molecule has 1 amide bonds. The number of methoxy groups -OCH3 is 1. The third kappa shape index (κ3) is 5.18. The number of hydrogen-bond donors (Lipinski definition) is 2. The molecule has 5 nitrogen and oxygen atoms in total. The molecule has 2 N–H and O–H groups in total. The van der Waals surface area contributed by atoms with Crippen LogP contribution in [-0.2, 0) is 16.1 Å². The van der Waals surface area contributed by atoms with Crippen molar-refractivity contribution >= 4 is 17.6 Å². The predicted octanol–water partition coefficient (Wildman–Crippen LogP) is 3.24. The van der Waals surface area contributed by atoms with E-state index in [0.29, 0.717) is 24.1 Å². The zero-order chi connectivity index (χ0) is 16.5. The molecule has 0 fully saturated rings. The molecule has 0 unspecified atom stereocenters. The number of carboxylic acid groups (broad SMARTS) is 1. The van der Waals surface area contributed by atoms with Crippen molar-refractivity contribution in [3.8, 4) is 0 Å². The minimum absolute atomic E-state index is 0.105. The van der Waals surface area contributed by atoms with Gasteiger partial charge in [0, 0.05) is 18.7 Å². The zero-order valence-corrected chi connectivity index (χ0v) is 12.7. The highest BCUT2D eigenvalue weighted by atomic mass is 16.5. The fourth-order valence-corrected chi connectivity index (χ4v) is 2.09. The quantitative estimate of drug-likeness (QED) is 0.687. The van der Waals surface area contributed by atoms with Crippen LogP contribution in [0.3, 0.4) is 0 Å². The van der Waals surface area contributed by atoms with E-state index in [1.807, 2.05) is 0 Å². The van der Waals surface area contributed by atoms with Crippen molar-refractivity contribution in [2.45, 2.75) is 19.4 Å². The van der Waals surface area contributed by atoms with Crippen LogP contribution in [-0.4, -0.2) is 24.1 Å². The Morgan fingerprint density at radius 2 is 1.91 bits per heavy atom. The molecule has 118 valence electrons. The lowest BCUT2D eigenvalue weighted by atomic mass is 10.00. The van der Waals surface area contributed by atoms with E-state index in [9.17, 15) is 9.59 Å². The van der Waals surface area contributed by atoms with Gasteiger partial charge < -0.3 is 15.2 Å².